The number of carbonyl (C=O) groups excluding carboxylic acids is 2. The fraction of sp³-hybridized carbons (Fsp3) is 0.462. The highest BCUT2D eigenvalue weighted by Gasteiger charge is 2.33. The lowest BCUT2D eigenvalue weighted by Crippen LogP contribution is -2.46. The summed E-state index contributed by atoms with van der Waals surface area (Å²) in [5.74, 6) is 0.216. The highest BCUT2D eigenvalue weighted by molar-refractivity contribution is 6.30. The van der Waals surface area contributed by atoms with Crippen LogP contribution in [-0.4, -0.2) is 35.5 Å². The topological polar surface area (TPSA) is 84.9 Å². The van der Waals surface area contributed by atoms with Gasteiger partial charge in [0.15, 0.2) is 11.9 Å². The number of aryl methyl sites for hydroxylation is 1. The Balaban J connectivity index is 1.19. The molecule has 1 aliphatic heterocycles. The number of hydrogen-bond donors (Lipinski definition) is 2. The van der Waals surface area contributed by atoms with Crippen LogP contribution in [0, 0.1) is 18.7 Å². The third kappa shape index (κ3) is 6.07. The number of ketones is 1. The first-order chi connectivity index (χ1) is 16.3. The van der Waals surface area contributed by atoms with Crippen molar-refractivity contribution < 1.29 is 28.6 Å². The molecule has 0 spiro atoms. The zero-order chi connectivity index (χ0) is 24.2. The van der Waals surface area contributed by atoms with Gasteiger partial charge in [-0.15, -0.1) is 0 Å². The lowest BCUT2D eigenvalue weighted by atomic mass is 9.83. The monoisotopic (exact) mass is 489 g/mol. The van der Waals surface area contributed by atoms with Crippen LogP contribution < -0.4 is 14.8 Å². The zero-order valence-corrected chi connectivity index (χ0v) is 19.8. The second-order valence-corrected chi connectivity index (χ2v) is 9.64. The molecular formula is C26H29ClFNO5. The van der Waals surface area contributed by atoms with Gasteiger partial charge in [-0.3, -0.25) is 9.59 Å². The molecule has 0 bridgehead atoms. The standard InChI is InChI=1S/C26H29ClFNO5/c1-15-2-9-24-20(10-15)23(31)13-25(34-24)26(32)29-17-5-3-16(4-6-17)11-18(30)14-33-19-7-8-21(27)22(28)12-19/h2,7-10,12,16-17,23,25,31H,3-6,11,13-14H2,1H3,(H,29,32). The summed E-state index contributed by atoms with van der Waals surface area (Å²) in [6.07, 6.45) is 2.36. The predicted octanol–water partition coefficient (Wildman–Crippen LogP) is 4.69. The normalized spacial score (nSPS) is 24.0. The molecule has 6 nitrogen and oxygen atoms in total. The first-order valence-corrected chi connectivity index (χ1v) is 12.0. The van der Waals surface area contributed by atoms with E-state index < -0.39 is 18.0 Å². The Morgan fingerprint density at radius 1 is 1.18 bits per heavy atom. The van der Waals surface area contributed by atoms with Crippen molar-refractivity contribution in [2.75, 3.05) is 6.61 Å². The summed E-state index contributed by atoms with van der Waals surface area (Å²) in [5, 5.41) is 13.5. The molecule has 2 aliphatic rings. The van der Waals surface area contributed by atoms with Gasteiger partial charge in [0.05, 0.1) is 11.1 Å². The van der Waals surface area contributed by atoms with Gasteiger partial charge in [-0.1, -0.05) is 23.2 Å². The van der Waals surface area contributed by atoms with Gasteiger partial charge >= 0.3 is 0 Å². The number of halogens is 2. The zero-order valence-electron chi connectivity index (χ0n) is 19.1. The van der Waals surface area contributed by atoms with E-state index in [0.717, 1.165) is 42.9 Å². The minimum atomic E-state index is -0.729. The number of hydrogen-bond acceptors (Lipinski definition) is 5. The maximum atomic E-state index is 13.5. The van der Waals surface area contributed by atoms with Gasteiger partial charge < -0.3 is 19.9 Å². The summed E-state index contributed by atoms with van der Waals surface area (Å²) in [5.41, 5.74) is 1.75. The Kier molecular flexibility index (Phi) is 7.73. The lowest BCUT2D eigenvalue weighted by molar-refractivity contribution is -0.131. The smallest absolute Gasteiger partial charge is 0.261 e. The van der Waals surface area contributed by atoms with E-state index in [2.05, 4.69) is 5.32 Å². The van der Waals surface area contributed by atoms with Crippen LogP contribution in [0.3, 0.4) is 0 Å². The van der Waals surface area contributed by atoms with Crippen molar-refractivity contribution in [1.82, 2.24) is 5.32 Å². The molecule has 2 atom stereocenters. The largest absolute Gasteiger partial charge is 0.486 e. The van der Waals surface area contributed by atoms with Crippen LogP contribution in [0.15, 0.2) is 36.4 Å². The third-order valence-corrected chi connectivity index (χ3v) is 6.83. The van der Waals surface area contributed by atoms with E-state index in [-0.39, 0.29) is 47.5 Å². The SMILES string of the molecule is Cc1ccc2c(c1)C(O)CC(C(=O)NC1CCC(CC(=O)COc3ccc(Cl)c(F)c3)CC1)O2. The summed E-state index contributed by atoms with van der Waals surface area (Å²) < 4.78 is 24.7. The quantitative estimate of drug-likeness (QED) is 0.589. The van der Waals surface area contributed by atoms with Crippen molar-refractivity contribution in [2.45, 2.75) is 63.7 Å². The molecular weight excluding hydrogens is 461 g/mol. The Hall–Kier alpha value is -2.64. The maximum absolute atomic E-state index is 13.5. The van der Waals surface area contributed by atoms with Crippen molar-refractivity contribution in [3.8, 4) is 11.5 Å². The van der Waals surface area contributed by atoms with Crippen molar-refractivity contribution in [1.29, 1.82) is 0 Å². The van der Waals surface area contributed by atoms with Gasteiger partial charge in [-0.05, 0) is 62.8 Å². The minimum absolute atomic E-state index is 0.00801. The molecule has 34 heavy (non-hydrogen) atoms. The second-order valence-electron chi connectivity index (χ2n) is 9.23. The van der Waals surface area contributed by atoms with E-state index in [0.29, 0.717) is 12.2 Å². The van der Waals surface area contributed by atoms with E-state index in [1.165, 1.54) is 12.1 Å². The predicted molar refractivity (Wildman–Crippen MR) is 126 cm³/mol. The minimum Gasteiger partial charge on any atom is -0.486 e. The van der Waals surface area contributed by atoms with Crippen molar-refractivity contribution in [3.05, 3.63) is 58.4 Å². The Bertz CT molecular complexity index is 1050. The molecule has 1 fully saturated rings. The van der Waals surface area contributed by atoms with Crippen LogP contribution >= 0.6 is 11.6 Å². The Morgan fingerprint density at radius 2 is 1.94 bits per heavy atom. The average Bonchev–Trinajstić information content (AvgIpc) is 2.81. The molecule has 0 radical (unpaired) electrons. The lowest BCUT2D eigenvalue weighted by Gasteiger charge is -2.32. The molecule has 8 heteroatoms. The third-order valence-electron chi connectivity index (χ3n) is 6.52. The molecule has 2 aromatic rings. The van der Waals surface area contributed by atoms with Gasteiger partial charge in [0.1, 0.15) is 23.9 Å². The summed E-state index contributed by atoms with van der Waals surface area (Å²) in [6, 6.07) is 9.68. The van der Waals surface area contributed by atoms with Gasteiger partial charge in [-0.2, -0.15) is 0 Å². The van der Waals surface area contributed by atoms with Crippen LogP contribution in [0.4, 0.5) is 4.39 Å². The fourth-order valence-corrected chi connectivity index (χ4v) is 4.76. The summed E-state index contributed by atoms with van der Waals surface area (Å²) >= 11 is 5.65. The van der Waals surface area contributed by atoms with Crippen LogP contribution in [-0.2, 0) is 9.59 Å². The van der Waals surface area contributed by atoms with Crippen molar-refractivity contribution in [2.24, 2.45) is 5.92 Å². The summed E-state index contributed by atoms with van der Waals surface area (Å²) in [6.45, 7) is 1.84. The van der Waals surface area contributed by atoms with E-state index in [1.54, 1.807) is 6.07 Å². The van der Waals surface area contributed by atoms with Crippen LogP contribution in [0.2, 0.25) is 5.02 Å². The number of aliphatic hydroxyl groups excluding tert-OH is 1. The highest BCUT2D eigenvalue weighted by Crippen LogP contribution is 2.35. The number of fused-ring (bicyclic) bond motifs is 1. The number of ether oxygens (including phenoxy) is 2. The number of aliphatic hydroxyl groups is 1. The summed E-state index contributed by atoms with van der Waals surface area (Å²) in [4.78, 5) is 25.1. The first kappa shape index (κ1) is 24.5. The number of nitrogens with one attached hydrogen (secondary N) is 1. The molecule has 1 heterocycles. The molecule has 1 aliphatic carbocycles. The molecule has 2 unspecified atom stereocenters. The average molecular weight is 490 g/mol. The number of carbonyl (C=O) groups is 2. The van der Waals surface area contributed by atoms with Crippen molar-refractivity contribution in [3.63, 3.8) is 0 Å². The molecule has 4 rings (SSSR count). The van der Waals surface area contributed by atoms with E-state index in [4.69, 9.17) is 21.1 Å². The Labute approximate surface area is 203 Å². The molecule has 182 valence electrons. The summed E-state index contributed by atoms with van der Waals surface area (Å²) in [7, 11) is 0. The molecule has 0 saturated heterocycles. The van der Waals surface area contributed by atoms with Crippen molar-refractivity contribution >= 4 is 23.3 Å². The molecule has 1 saturated carbocycles. The van der Waals surface area contributed by atoms with E-state index in [1.807, 2.05) is 19.1 Å². The molecule has 1 amide bonds. The second kappa shape index (κ2) is 10.7. The van der Waals surface area contributed by atoms with Crippen LogP contribution in [0.5, 0.6) is 11.5 Å². The van der Waals surface area contributed by atoms with Crippen LogP contribution in [0.1, 0.15) is 55.8 Å². The maximum Gasteiger partial charge on any atom is 0.261 e. The number of benzene rings is 2. The molecule has 2 N–H and O–H groups in total. The number of Topliss-reactive ketones (excluding diaryl/α,β-unsaturated/α-hetero) is 1. The Morgan fingerprint density at radius 3 is 2.68 bits per heavy atom. The molecule has 0 aromatic heterocycles. The number of rotatable bonds is 7. The van der Waals surface area contributed by atoms with E-state index >= 15 is 0 Å². The van der Waals surface area contributed by atoms with Gasteiger partial charge in [-0.25, -0.2) is 4.39 Å². The first-order valence-electron chi connectivity index (χ1n) is 11.6. The van der Waals surface area contributed by atoms with Gasteiger partial charge in [0.25, 0.3) is 5.91 Å². The van der Waals surface area contributed by atoms with Gasteiger partial charge in [0, 0.05) is 30.5 Å². The number of amides is 1. The molecule has 2 aromatic carbocycles. The van der Waals surface area contributed by atoms with E-state index in [9.17, 15) is 19.1 Å². The fourth-order valence-electron chi connectivity index (χ4n) is 4.64. The van der Waals surface area contributed by atoms with Gasteiger partial charge in [0.2, 0.25) is 0 Å². The highest BCUT2D eigenvalue weighted by atomic mass is 35.5. The van der Waals surface area contributed by atoms with Crippen LogP contribution in [0.25, 0.3) is 0 Å².